The van der Waals surface area contributed by atoms with E-state index >= 15 is 0 Å². The molecule has 0 aromatic heterocycles. The first-order valence-electron chi connectivity index (χ1n) is 7.06. The Balaban J connectivity index is 1.96. The van der Waals surface area contributed by atoms with E-state index in [9.17, 15) is 0 Å². The SMILES string of the molecule is COC=Cc1ccc(-c2ccc3cc(C)ccc3c2)cc1. The van der Waals surface area contributed by atoms with Crippen molar-refractivity contribution in [2.45, 2.75) is 6.92 Å². The Kier molecular flexibility index (Phi) is 3.74. The lowest BCUT2D eigenvalue weighted by Crippen LogP contribution is -1.81. The maximum atomic E-state index is 4.94. The van der Waals surface area contributed by atoms with E-state index in [0.717, 1.165) is 5.56 Å². The van der Waals surface area contributed by atoms with Gasteiger partial charge in [0.15, 0.2) is 0 Å². The van der Waals surface area contributed by atoms with Crippen molar-refractivity contribution < 1.29 is 4.74 Å². The van der Waals surface area contributed by atoms with Crippen molar-refractivity contribution in [2.75, 3.05) is 7.11 Å². The number of hydrogen-bond acceptors (Lipinski definition) is 1. The molecule has 1 heteroatoms. The van der Waals surface area contributed by atoms with E-state index in [1.807, 2.05) is 6.08 Å². The normalized spacial score (nSPS) is 11.1. The summed E-state index contributed by atoms with van der Waals surface area (Å²) in [5.41, 5.74) is 4.90. The van der Waals surface area contributed by atoms with Crippen molar-refractivity contribution in [1.29, 1.82) is 0 Å². The lowest BCUT2D eigenvalue weighted by atomic mass is 9.99. The molecule has 0 aliphatic rings. The maximum absolute atomic E-state index is 4.94. The van der Waals surface area contributed by atoms with Gasteiger partial charge in [-0.3, -0.25) is 0 Å². The van der Waals surface area contributed by atoms with Gasteiger partial charge in [-0.2, -0.15) is 0 Å². The van der Waals surface area contributed by atoms with Crippen LogP contribution in [-0.2, 0) is 4.74 Å². The second kappa shape index (κ2) is 5.84. The molecule has 0 aliphatic carbocycles. The first-order chi connectivity index (χ1) is 10.3. The van der Waals surface area contributed by atoms with Gasteiger partial charge in [-0.1, -0.05) is 60.2 Å². The number of benzene rings is 3. The van der Waals surface area contributed by atoms with Crippen molar-refractivity contribution in [1.82, 2.24) is 0 Å². The summed E-state index contributed by atoms with van der Waals surface area (Å²) in [6.07, 6.45) is 3.64. The van der Waals surface area contributed by atoms with Gasteiger partial charge in [0, 0.05) is 0 Å². The van der Waals surface area contributed by atoms with Crippen LogP contribution in [0.3, 0.4) is 0 Å². The van der Waals surface area contributed by atoms with Crippen molar-refractivity contribution in [2.24, 2.45) is 0 Å². The lowest BCUT2D eigenvalue weighted by molar-refractivity contribution is 0.341. The fraction of sp³-hybridized carbons (Fsp3) is 0.100. The lowest BCUT2D eigenvalue weighted by Gasteiger charge is -2.05. The Morgan fingerprint density at radius 2 is 1.43 bits per heavy atom. The van der Waals surface area contributed by atoms with Crippen LogP contribution in [0.1, 0.15) is 11.1 Å². The summed E-state index contributed by atoms with van der Waals surface area (Å²) in [5.74, 6) is 0. The molecular weight excluding hydrogens is 256 g/mol. The van der Waals surface area contributed by atoms with Crippen LogP contribution < -0.4 is 0 Å². The zero-order chi connectivity index (χ0) is 14.7. The molecular formula is C20H18O. The molecule has 0 radical (unpaired) electrons. The quantitative estimate of drug-likeness (QED) is 0.578. The highest BCUT2D eigenvalue weighted by Crippen LogP contribution is 2.25. The first-order valence-corrected chi connectivity index (χ1v) is 7.06. The second-order valence-electron chi connectivity index (χ2n) is 5.23. The highest BCUT2D eigenvalue weighted by Gasteiger charge is 2.00. The van der Waals surface area contributed by atoms with E-state index in [2.05, 4.69) is 67.6 Å². The van der Waals surface area contributed by atoms with E-state index in [-0.39, 0.29) is 0 Å². The molecule has 0 spiro atoms. The molecule has 3 rings (SSSR count). The van der Waals surface area contributed by atoms with E-state index in [1.165, 1.54) is 27.5 Å². The fourth-order valence-electron chi connectivity index (χ4n) is 2.48. The molecule has 0 fully saturated rings. The van der Waals surface area contributed by atoms with Crippen LogP contribution in [0.5, 0.6) is 0 Å². The molecule has 3 aromatic carbocycles. The molecule has 0 N–H and O–H groups in total. The smallest absolute Gasteiger partial charge is 0.0830 e. The third-order valence-corrected chi connectivity index (χ3v) is 3.64. The summed E-state index contributed by atoms with van der Waals surface area (Å²) < 4.78 is 4.94. The highest BCUT2D eigenvalue weighted by atomic mass is 16.5. The van der Waals surface area contributed by atoms with Gasteiger partial charge in [0.1, 0.15) is 0 Å². The fourth-order valence-corrected chi connectivity index (χ4v) is 2.48. The third kappa shape index (κ3) is 2.97. The largest absolute Gasteiger partial charge is 0.504 e. The predicted molar refractivity (Wildman–Crippen MR) is 90.2 cm³/mol. The Hall–Kier alpha value is -2.54. The number of methoxy groups -OCH3 is 1. The van der Waals surface area contributed by atoms with Crippen LogP contribution >= 0.6 is 0 Å². The molecule has 3 aromatic rings. The summed E-state index contributed by atoms with van der Waals surface area (Å²) in [7, 11) is 1.65. The zero-order valence-electron chi connectivity index (χ0n) is 12.3. The van der Waals surface area contributed by atoms with Gasteiger partial charge in [0.2, 0.25) is 0 Å². The minimum absolute atomic E-state index is 1.14. The van der Waals surface area contributed by atoms with Gasteiger partial charge < -0.3 is 4.74 Å². The molecule has 1 nitrogen and oxygen atoms in total. The Morgan fingerprint density at radius 3 is 2.19 bits per heavy atom. The molecule has 0 saturated heterocycles. The number of ether oxygens (including phenoxy) is 1. The Bertz CT molecular complexity index is 783. The topological polar surface area (TPSA) is 9.23 Å². The molecule has 0 atom stereocenters. The third-order valence-electron chi connectivity index (χ3n) is 3.64. The molecule has 104 valence electrons. The minimum atomic E-state index is 1.14. The van der Waals surface area contributed by atoms with Gasteiger partial charge >= 0.3 is 0 Å². The van der Waals surface area contributed by atoms with Crippen molar-refractivity contribution in [3.8, 4) is 11.1 Å². The van der Waals surface area contributed by atoms with Crippen LogP contribution in [0, 0.1) is 6.92 Å². The highest BCUT2D eigenvalue weighted by molar-refractivity contribution is 5.87. The molecule has 21 heavy (non-hydrogen) atoms. The van der Waals surface area contributed by atoms with Gasteiger partial charge in [0.05, 0.1) is 13.4 Å². The monoisotopic (exact) mass is 274 g/mol. The van der Waals surface area contributed by atoms with E-state index in [1.54, 1.807) is 13.4 Å². The average Bonchev–Trinajstić information content (AvgIpc) is 2.53. The summed E-state index contributed by atoms with van der Waals surface area (Å²) in [5, 5.41) is 2.57. The maximum Gasteiger partial charge on any atom is 0.0830 e. The Morgan fingerprint density at radius 1 is 0.762 bits per heavy atom. The number of aryl methyl sites for hydroxylation is 1. The summed E-state index contributed by atoms with van der Waals surface area (Å²) in [4.78, 5) is 0. The van der Waals surface area contributed by atoms with Crippen LogP contribution in [0.25, 0.3) is 28.0 Å². The molecule has 0 saturated carbocycles. The number of rotatable bonds is 3. The molecule has 0 unspecified atom stereocenters. The number of fused-ring (bicyclic) bond motifs is 1. The van der Waals surface area contributed by atoms with Gasteiger partial charge in [-0.25, -0.2) is 0 Å². The zero-order valence-corrected chi connectivity index (χ0v) is 12.3. The average molecular weight is 274 g/mol. The molecule has 0 aliphatic heterocycles. The molecule has 0 bridgehead atoms. The minimum Gasteiger partial charge on any atom is -0.504 e. The summed E-state index contributed by atoms with van der Waals surface area (Å²) in [6, 6.07) is 21.7. The van der Waals surface area contributed by atoms with Gasteiger partial charge in [-0.15, -0.1) is 0 Å². The first kappa shape index (κ1) is 13.4. The van der Waals surface area contributed by atoms with Crippen molar-refractivity contribution in [3.05, 3.63) is 78.1 Å². The van der Waals surface area contributed by atoms with Gasteiger partial charge in [-0.05, 0) is 46.5 Å². The van der Waals surface area contributed by atoms with Crippen molar-refractivity contribution in [3.63, 3.8) is 0 Å². The van der Waals surface area contributed by atoms with Crippen LogP contribution in [0.4, 0.5) is 0 Å². The van der Waals surface area contributed by atoms with Gasteiger partial charge in [0.25, 0.3) is 0 Å². The summed E-state index contributed by atoms with van der Waals surface area (Å²) in [6.45, 7) is 2.12. The van der Waals surface area contributed by atoms with E-state index in [4.69, 9.17) is 4.74 Å². The summed E-state index contributed by atoms with van der Waals surface area (Å²) >= 11 is 0. The second-order valence-corrected chi connectivity index (χ2v) is 5.23. The van der Waals surface area contributed by atoms with Crippen molar-refractivity contribution >= 4 is 16.8 Å². The van der Waals surface area contributed by atoms with E-state index < -0.39 is 0 Å². The number of hydrogen-bond donors (Lipinski definition) is 0. The van der Waals surface area contributed by atoms with E-state index in [0.29, 0.717) is 0 Å². The molecule has 0 heterocycles. The van der Waals surface area contributed by atoms with Crippen LogP contribution in [0.2, 0.25) is 0 Å². The predicted octanol–water partition coefficient (Wildman–Crippen LogP) is 5.43. The molecule has 0 amide bonds. The standard InChI is InChI=1S/C20H18O/c1-15-3-6-20-14-19(10-9-18(20)13-15)17-7-4-16(5-8-17)11-12-21-2/h3-14H,1-2H3. The van der Waals surface area contributed by atoms with Crippen LogP contribution in [0.15, 0.2) is 66.9 Å². The Labute approximate surface area is 125 Å². The van der Waals surface area contributed by atoms with Crippen LogP contribution in [-0.4, -0.2) is 7.11 Å².